The molecule has 1 fully saturated rings. The molecule has 1 aliphatic carbocycles. The van der Waals surface area contributed by atoms with Crippen LogP contribution in [-0.4, -0.2) is 5.11 Å². The van der Waals surface area contributed by atoms with Gasteiger partial charge in [-0.2, -0.15) is 0 Å². The first-order chi connectivity index (χ1) is 6.53. The highest BCUT2D eigenvalue weighted by Gasteiger charge is 2.43. The van der Waals surface area contributed by atoms with Crippen LogP contribution in [0.5, 0.6) is 0 Å². The first-order valence-electron chi connectivity index (χ1n) is 5.05. The third-order valence-corrected chi connectivity index (χ3v) is 3.36. The molecule has 1 N–H and O–H groups in total. The average Bonchev–Trinajstić information content (AvgIpc) is 2.84. The molecular weight excluding hydrogens is 240 g/mol. The second-order valence-corrected chi connectivity index (χ2v) is 5.33. The summed E-state index contributed by atoms with van der Waals surface area (Å²) < 4.78 is 1.05. The van der Waals surface area contributed by atoms with E-state index in [4.69, 9.17) is 0 Å². The van der Waals surface area contributed by atoms with Crippen molar-refractivity contribution < 1.29 is 5.11 Å². The predicted molar refractivity (Wildman–Crippen MR) is 61.4 cm³/mol. The van der Waals surface area contributed by atoms with E-state index in [1.807, 2.05) is 6.07 Å². The van der Waals surface area contributed by atoms with Gasteiger partial charge in [0, 0.05) is 4.47 Å². The van der Waals surface area contributed by atoms with Crippen LogP contribution < -0.4 is 0 Å². The molecule has 0 aliphatic heterocycles. The predicted octanol–water partition coefficient (Wildman–Crippen LogP) is 3.55. The van der Waals surface area contributed by atoms with Gasteiger partial charge in [0.15, 0.2) is 0 Å². The first-order valence-corrected chi connectivity index (χ1v) is 5.84. The lowest BCUT2D eigenvalue weighted by atomic mass is 9.93. The quantitative estimate of drug-likeness (QED) is 0.856. The Morgan fingerprint density at radius 2 is 2.00 bits per heavy atom. The Labute approximate surface area is 93.3 Å². The summed E-state index contributed by atoms with van der Waals surface area (Å²) >= 11 is 3.45. The molecule has 0 aromatic heterocycles. The van der Waals surface area contributed by atoms with Crippen LogP contribution in [0.2, 0.25) is 0 Å². The molecule has 1 aliphatic rings. The van der Waals surface area contributed by atoms with E-state index in [9.17, 15) is 5.11 Å². The molecule has 1 nitrogen and oxygen atoms in total. The van der Waals surface area contributed by atoms with Crippen LogP contribution in [0.25, 0.3) is 0 Å². The number of halogens is 1. The van der Waals surface area contributed by atoms with Gasteiger partial charge in [-0.15, -0.1) is 0 Å². The van der Waals surface area contributed by atoms with Crippen molar-refractivity contribution in [2.45, 2.75) is 38.2 Å². The van der Waals surface area contributed by atoms with Crippen molar-refractivity contribution >= 4 is 15.9 Å². The van der Waals surface area contributed by atoms with Crippen LogP contribution in [0.3, 0.4) is 0 Å². The highest BCUT2D eigenvalue weighted by Crippen LogP contribution is 2.48. The van der Waals surface area contributed by atoms with E-state index < -0.39 is 5.60 Å². The molecule has 76 valence electrons. The maximum Gasteiger partial charge on any atom is 0.0902 e. The maximum atomic E-state index is 10.1. The van der Waals surface area contributed by atoms with Gasteiger partial charge in [-0.1, -0.05) is 35.8 Å². The van der Waals surface area contributed by atoms with Gasteiger partial charge in [0.1, 0.15) is 0 Å². The molecule has 1 saturated carbocycles. The van der Waals surface area contributed by atoms with E-state index in [2.05, 4.69) is 41.9 Å². The first kappa shape index (κ1) is 10.2. The summed E-state index contributed by atoms with van der Waals surface area (Å²) in [7, 11) is 0. The van der Waals surface area contributed by atoms with Gasteiger partial charge in [-0.25, -0.2) is 0 Å². The van der Waals surface area contributed by atoms with Crippen LogP contribution in [0.1, 0.15) is 43.7 Å². The highest BCUT2D eigenvalue weighted by molar-refractivity contribution is 9.10. The Kier molecular flexibility index (Phi) is 2.44. The van der Waals surface area contributed by atoms with E-state index in [0.29, 0.717) is 5.92 Å². The van der Waals surface area contributed by atoms with Crippen LogP contribution in [0.15, 0.2) is 22.7 Å². The van der Waals surface area contributed by atoms with Crippen molar-refractivity contribution in [2.24, 2.45) is 0 Å². The topological polar surface area (TPSA) is 20.2 Å². The molecule has 0 heterocycles. The average molecular weight is 255 g/mol. The van der Waals surface area contributed by atoms with Gasteiger partial charge in [-0.3, -0.25) is 0 Å². The molecule has 14 heavy (non-hydrogen) atoms. The van der Waals surface area contributed by atoms with Gasteiger partial charge >= 0.3 is 0 Å². The van der Waals surface area contributed by atoms with Crippen LogP contribution in [0, 0.1) is 0 Å². The molecular formula is C12H15BrO. The van der Waals surface area contributed by atoms with E-state index in [1.54, 1.807) is 0 Å². The van der Waals surface area contributed by atoms with Crippen molar-refractivity contribution in [3.63, 3.8) is 0 Å². The molecule has 1 aromatic carbocycles. The van der Waals surface area contributed by atoms with Crippen molar-refractivity contribution in [1.82, 2.24) is 0 Å². The van der Waals surface area contributed by atoms with Gasteiger partial charge in [0.25, 0.3) is 0 Å². The summed E-state index contributed by atoms with van der Waals surface area (Å²) in [6, 6.07) is 6.22. The van der Waals surface area contributed by atoms with Crippen LogP contribution in [-0.2, 0) is 5.60 Å². The third-order valence-electron chi connectivity index (χ3n) is 2.86. The van der Waals surface area contributed by atoms with Crippen molar-refractivity contribution in [2.75, 3.05) is 0 Å². The Balaban J connectivity index is 2.49. The largest absolute Gasteiger partial charge is 0.385 e. The molecule has 0 saturated heterocycles. The minimum absolute atomic E-state index is 0.475. The molecule has 0 radical (unpaired) electrons. The number of rotatable bonds is 2. The minimum atomic E-state index is -0.524. The van der Waals surface area contributed by atoms with Gasteiger partial charge in [0.05, 0.1) is 5.60 Å². The van der Waals surface area contributed by atoms with E-state index in [-0.39, 0.29) is 0 Å². The second-order valence-electron chi connectivity index (χ2n) is 4.42. The minimum Gasteiger partial charge on any atom is -0.385 e. The summed E-state index contributed by atoms with van der Waals surface area (Å²) in [6.45, 7) is 4.33. The molecule has 2 heteroatoms. The zero-order chi connectivity index (χ0) is 10.3. The van der Waals surface area contributed by atoms with Crippen LogP contribution >= 0.6 is 15.9 Å². The van der Waals surface area contributed by atoms with E-state index in [0.717, 1.165) is 22.9 Å². The lowest BCUT2D eigenvalue weighted by Gasteiger charge is -2.17. The lowest BCUT2D eigenvalue weighted by molar-refractivity contribution is 0.150. The molecule has 0 spiro atoms. The highest BCUT2D eigenvalue weighted by atomic mass is 79.9. The number of benzene rings is 1. The summed E-state index contributed by atoms with van der Waals surface area (Å²) in [5.41, 5.74) is 1.86. The zero-order valence-corrected chi connectivity index (χ0v) is 10.1. The standard InChI is InChI=1S/C12H15BrO/c1-8(2)10-4-3-9(13)7-11(10)12(14)5-6-12/h3-4,7-8,14H,5-6H2,1-2H3. The van der Waals surface area contributed by atoms with Crippen molar-refractivity contribution in [3.05, 3.63) is 33.8 Å². The van der Waals surface area contributed by atoms with E-state index in [1.165, 1.54) is 5.56 Å². The molecule has 2 rings (SSSR count). The van der Waals surface area contributed by atoms with Gasteiger partial charge in [-0.05, 0) is 42.0 Å². The normalized spacial score (nSPS) is 18.6. The monoisotopic (exact) mass is 254 g/mol. The van der Waals surface area contributed by atoms with Gasteiger partial charge < -0.3 is 5.11 Å². The van der Waals surface area contributed by atoms with Crippen molar-refractivity contribution in [1.29, 1.82) is 0 Å². The summed E-state index contributed by atoms with van der Waals surface area (Å²) in [5, 5.41) is 10.1. The number of aliphatic hydroxyl groups is 1. The Morgan fingerprint density at radius 1 is 1.36 bits per heavy atom. The summed E-state index contributed by atoms with van der Waals surface area (Å²) in [5.74, 6) is 0.475. The van der Waals surface area contributed by atoms with Gasteiger partial charge in [0.2, 0.25) is 0 Å². The second kappa shape index (κ2) is 3.35. The van der Waals surface area contributed by atoms with Crippen molar-refractivity contribution in [3.8, 4) is 0 Å². The van der Waals surface area contributed by atoms with Crippen LogP contribution in [0.4, 0.5) is 0 Å². The fourth-order valence-electron chi connectivity index (χ4n) is 1.82. The fraction of sp³-hybridized carbons (Fsp3) is 0.500. The molecule has 0 amide bonds. The molecule has 0 bridgehead atoms. The lowest BCUT2D eigenvalue weighted by Crippen LogP contribution is -2.09. The molecule has 0 unspecified atom stereocenters. The Bertz CT molecular complexity index is 353. The summed E-state index contributed by atoms with van der Waals surface area (Å²) in [4.78, 5) is 0. The summed E-state index contributed by atoms with van der Waals surface area (Å²) in [6.07, 6.45) is 1.81. The molecule has 0 atom stereocenters. The maximum absolute atomic E-state index is 10.1. The third kappa shape index (κ3) is 1.73. The Hall–Kier alpha value is -0.340. The van der Waals surface area contributed by atoms with E-state index >= 15 is 0 Å². The fourth-order valence-corrected chi connectivity index (χ4v) is 2.18. The number of hydrogen-bond donors (Lipinski definition) is 1. The smallest absolute Gasteiger partial charge is 0.0902 e. The SMILES string of the molecule is CC(C)c1ccc(Br)cc1C1(O)CC1. The molecule has 1 aromatic rings. The number of hydrogen-bond acceptors (Lipinski definition) is 1. The zero-order valence-electron chi connectivity index (χ0n) is 8.55. The Morgan fingerprint density at radius 3 is 2.50 bits per heavy atom.